The lowest BCUT2D eigenvalue weighted by Gasteiger charge is -2.20. The highest BCUT2D eigenvalue weighted by molar-refractivity contribution is 6.32. The van der Waals surface area contributed by atoms with Crippen molar-refractivity contribution in [3.05, 3.63) is 107 Å². The van der Waals surface area contributed by atoms with Crippen LogP contribution < -0.4 is 10.6 Å². The number of carbonyl (C=O) groups excluding carboxylic acids is 1. The van der Waals surface area contributed by atoms with Crippen LogP contribution in [0.3, 0.4) is 0 Å². The highest BCUT2D eigenvalue weighted by Gasteiger charge is 2.21. The van der Waals surface area contributed by atoms with Crippen LogP contribution in [0.1, 0.15) is 22.9 Å². The second-order valence-electron chi connectivity index (χ2n) is 7.09. The number of hydrogen-bond acceptors (Lipinski definition) is 3. The topological polar surface area (TPSA) is 54.0 Å². The fourth-order valence-electron chi connectivity index (χ4n) is 3.48. The first-order valence-corrected chi connectivity index (χ1v) is 10.2. The fraction of sp³-hybridized carbons (Fsp3) is 0.120. The molecule has 0 spiro atoms. The van der Waals surface area contributed by atoms with Crippen molar-refractivity contribution in [1.29, 1.82) is 0 Å². The summed E-state index contributed by atoms with van der Waals surface area (Å²) in [5.41, 5.74) is 4.23. The lowest BCUT2D eigenvalue weighted by Crippen LogP contribution is -2.33. The summed E-state index contributed by atoms with van der Waals surface area (Å²) in [5, 5.41) is 7.98. The molecular formula is C25H22ClN3O. The van der Waals surface area contributed by atoms with Crippen LogP contribution in [0.5, 0.6) is 0 Å². The van der Waals surface area contributed by atoms with Crippen LogP contribution in [0.15, 0.2) is 84.9 Å². The zero-order valence-electron chi connectivity index (χ0n) is 16.6. The number of para-hydroxylation sites is 2. The van der Waals surface area contributed by atoms with E-state index in [1.54, 1.807) is 0 Å². The van der Waals surface area contributed by atoms with E-state index in [0.717, 1.165) is 33.4 Å². The average Bonchev–Trinajstić information content (AvgIpc) is 2.78. The molecule has 0 aliphatic rings. The first kappa shape index (κ1) is 20.1. The van der Waals surface area contributed by atoms with Gasteiger partial charge in [-0.3, -0.25) is 10.1 Å². The molecule has 1 aromatic heterocycles. The molecule has 4 nitrogen and oxygen atoms in total. The van der Waals surface area contributed by atoms with Crippen LogP contribution in [0.2, 0.25) is 5.02 Å². The molecule has 0 radical (unpaired) electrons. The van der Waals surface area contributed by atoms with Crippen LogP contribution in [0, 0.1) is 6.92 Å². The molecule has 4 rings (SSSR count). The van der Waals surface area contributed by atoms with E-state index in [1.807, 2.05) is 91.9 Å². The summed E-state index contributed by atoms with van der Waals surface area (Å²) in [6.45, 7) is 2.36. The lowest BCUT2D eigenvalue weighted by molar-refractivity contribution is -0.118. The van der Waals surface area contributed by atoms with Gasteiger partial charge in [-0.2, -0.15) is 0 Å². The van der Waals surface area contributed by atoms with Crippen molar-refractivity contribution in [3.63, 3.8) is 0 Å². The van der Waals surface area contributed by atoms with Gasteiger partial charge in [-0.25, -0.2) is 4.98 Å². The Balaban J connectivity index is 1.60. The van der Waals surface area contributed by atoms with Crippen LogP contribution in [-0.4, -0.2) is 10.9 Å². The van der Waals surface area contributed by atoms with Crippen LogP contribution in [0.25, 0.3) is 10.9 Å². The fourth-order valence-corrected chi connectivity index (χ4v) is 3.69. The summed E-state index contributed by atoms with van der Waals surface area (Å²) in [6.07, 6.45) is 0. The van der Waals surface area contributed by atoms with Gasteiger partial charge in [-0.15, -0.1) is 0 Å². The van der Waals surface area contributed by atoms with Crippen molar-refractivity contribution in [2.45, 2.75) is 19.5 Å². The molecule has 150 valence electrons. The number of amides is 1. The van der Waals surface area contributed by atoms with Crippen molar-refractivity contribution in [1.82, 2.24) is 10.3 Å². The number of nitrogens with one attached hydrogen (secondary N) is 2. The number of fused-ring (bicyclic) bond motifs is 1. The van der Waals surface area contributed by atoms with Crippen molar-refractivity contribution in [3.8, 4) is 0 Å². The Hall–Kier alpha value is -3.21. The van der Waals surface area contributed by atoms with Crippen molar-refractivity contribution < 1.29 is 4.79 Å². The van der Waals surface area contributed by atoms with Gasteiger partial charge in [-0.1, -0.05) is 78.3 Å². The smallest absolute Gasteiger partial charge is 0.246 e. The SMILES string of the molecule is Cc1c(Cl)c(CNC(C(=O)Nc2ccccc2)c2ccccc2)nc2ccccc12. The Morgan fingerprint density at radius 1 is 0.933 bits per heavy atom. The Bertz CT molecular complexity index is 1160. The Morgan fingerprint density at radius 2 is 1.57 bits per heavy atom. The maximum Gasteiger partial charge on any atom is 0.246 e. The summed E-state index contributed by atoms with van der Waals surface area (Å²) in [5.74, 6) is -0.138. The minimum absolute atomic E-state index is 0.138. The van der Waals surface area contributed by atoms with Gasteiger partial charge in [0.25, 0.3) is 0 Å². The molecule has 0 bridgehead atoms. The number of benzene rings is 3. The molecule has 0 aliphatic carbocycles. The van der Waals surface area contributed by atoms with Crippen LogP contribution >= 0.6 is 11.6 Å². The molecule has 0 saturated carbocycles. The van der Waals surface area contributed by atoms with Gasteiger partial charge >= 0.3 is 0 Å². The molecule has 3 aromatic carbocycles. The van der Waals surface area contributed by atoms with Gasteiger partial charge in [0.1, 0.15) is 6.04 Å². The third-order valence-corrected chi connectivity index (χ3v) is 5.56. The predicted octanol–water partition coefficient (Wildman–Crippen LogP) is 5.67. The van der Waals surface area contributed by atoms with E-state index in [2.05, 4.69) is 10.6 Å². The van der Waals surface area contributed by atoms with Gasteiger partial charge in [0.2, 0.25) is 5.91 Å². The zero-order valence-corrected chi connectivity index (χ0v) is 17.4. The second kappa shape index (κ2) is 9.08. The normalized spacial score (nSPS) is 11.9. The summed E-state index contributed by atoms with van der Waals surface area (Å²) in [7, 11) is 0. The van der Waals surface area contributed by atoms with E-state index in [-0.39, 0.29) is 5.91 Å². The molecule has 4 aromatic rings. The maximum absolute atomic E-state index is 13.1. The molecule has 2 N–H and O–H groups in total. The first-order chi connectivity index (χ1) is 14.6. The molecule has 1 atom stereocenters. The summed E-state index contributed by atoms with van der Waals surface area (Å²) >= 11 is 6.61. The standard InChI is InChI=1S/C25H22ClN3O/c1-17-20-14-8-9-15-21(20)29-22(23(17)26)16-27-24(18-10-4-2-5-11-18)25(30)28-19-12-6-3-7-13-19/h2-15,24,27H,16H2,1H3,(H,28,30). The van der Waals surface area contributed by atoms with Crippen LogP contribution in [-0.2, 0) is 11.3 Å². The number of aromatic nitrogens is 1. The summed E-state index contributed by atoms with van der Waals surface area (Å²) in [6, 6.07) is 26.4. The number of rotatable bonds is 6. The van der Waals surface area contributed by atoms with Gasteiger partial charge < -0.3 is 5.32 Å². The van der Waals surface area contributed by atoms with Gasteiger partial charge in [-0.05, 0) is 36.2 Å². The van der Waals surface area contributed by atoms with E-state index in [4.69, 9.17) is 16.6 Å². The van der Waals surface area contributed by atoms with Gasteiger partial charge in [0.15, 0.2) is 0 Å². The van der Waals surface area contributed by atoms with Crippen molar-refractivity contribution >= 4 is 34.1 Å². The minimum atomic E-state index is -0.545. The highest BCUT2D eigenvalue weighted by atomic mass is 35.5. The van der Waals surface area contributed by atoms with E-state index in [1.165, 1.54) is 0 Å². The van der Waals surface area contributed by atoms with Gasteiger partial charge in [0.05, 0.1) is 16.2 Å². The van der Waals surface area contributed by atoms with Crippen molar-refractivity contribution in [2.24, 2.45) is 0 Å². The number of halogens is 1. The molecule has 0 fully saturated rings. The van der Waals surface area contributed by atoms with Gasteiger partial charge in [0, 0.05) is 17.6 Å². The number of nitrogens with zero attached hydrogens (tertiary/aromatic N) is 1. The molecule has 5 heteroatoms. The largest absolute Gasteiger partial charge is 0.324 e. The van der Waals surface area contributed by atoms with E-state index in [0.29, 0.717) is 11.6 Å². The first-order valence-electron chi connectivity index (χ1n) is 9.81. The number of carbonyl (C=O) groups is 1. The van der Waals surface area contributed by atoms with Crippen LogP contribution in [0.4, 0.5) is 5.69 Å². The quantitative estimate of drug-likeness (QED) is 0.426. The summed E-state index contributed by atoms with van der Waals surface area (Å²) < 4.78 is 0. The molecule has 1 unspecified atom stereocenters. The number of anilines is 1. The Morgan fingerprint density at radius 3 is 2.30 bits per heavy atom. The van der Waals surface area contributed by atoms with E-state index >= 15 is 0 Å². The number of hydrogen-bond donors (Lipinski definition) is 2. The van der Waals surface area contributed by atoms with E-state index in [9.17, 15) is 4.79 Å². The van der Waals surface area contributed by atoms with E-state index < -0.39 is 6.04 Å². The minimum Gasteiger partial charge on any atom is -0.324 e. The molecular weight excluding hydrogens is 394 g/mol. The Labute approximate surface area is 180 Å². The van der Waals surface area contributed by atoms with Crippen molar-refractivity contribution in [2.75, 3.05) is 5.32 Å². The number of aryl methyl sites for hydroxylation is 1. The average molecular weight is 416 g/mol. The number of pyridine rings is 1. The molecule has 30 heavy (non-hydrogen) atoms. The molecule has 0 saturated heterocycles. The third-order valence-electron chi connectivity index (χ3n) is 5.06. The molecule has 1 heterocycles. The lowest BCUT2D eigenvalue weighted by atomic mass is 10.1. The predicted molar refractivity (Wildman–Crippen MR) is 123 cm³/mol. The zero-order chi connectivity index (χ0) is 20.9. The highest BCUT2D eigenvalue weighted by Crippen LogP contribution is 2.27. The maximum atomic E-state index is 13.1. The monoisotopic (exact) mass is 415 g/mol. The third kappa shape index (κ3) is 4.35. The molecule has 0 aliphatic heterocycles. The summed E-state index contributed by atoms with van der Waals surface area (Å²) in [4.78, 5) is 17.8. The molecule has 1 amide bonds. The Kier molecular flexibility index (Phi) is 6.07. The second-order valence-corrected chi connectivity index (χ2v) is 7.47.